The Bertz CT molecular complexity index is 471. The van der Waals surface area contributed by atoms with E-state index in [1.54, 1.807) is 0 Å². The molecule has 0 N–H and O–H groups in total. The van der Waals surface area contributed by atoms with Gasteiger partial charge in [-0.15, -0.1) is 0 Å². The molecule has 0 aliphatic heterocycles. The second-order valence-electron chi connectivity index (χ2n) is 3.81. The van der Waals surface area contributed by atoms with Crippen LogP contribution in [0.1, 0.15) is 12.8 Å². The molecule has 0 atom stereocenters. The molecule has 0 unspecified atom stereocenters. The number of rotatable bonds is 3. The van der Waals surface area contributed by atoms with Crippen LogP contribution in [0.5, 0.6) is 0 Å². The smallest absolute Gasteiger partial charge is 0.298 e. The number of hydrogen-bond donors (Lipinski definition) is 0. The first kappa shape index (κ1) is 11.4. The number of hydrogen-bond acceptors (Lipinski definition) is 2. The molecular weight excluding hydrogens is 212 g/mol. The Hall–Kier alpha value is -2.09. The summed E-state index contributed by atoms with van der Waals surface area (Å²) in [5, 5.41) is 0. The molecule has 0 fully saturated rings. The van der Waals surface area contributed by atoms with E-state index < -0.39 is 0 Å². The predicted octanol–water partition coefficient (Wildman–Crippen LogP) is 3.37. The summed E-state index contributed by atoms with van der Waals surface area (Å²) >= 11 is 0. The van der Waals surface area contributed by atoms with Crippen molar-refractivity contribution in [1.29, 1.82) is 0 Å². The molecule has 0 heterocycles. The van der Waals surface area contributed by atoms with Gasteiger partial charge in [-0.05, 0) is 30.1 Å². The lowest BCUT2D eigenvalue weighted by Crippen LogP contribution is -1.95. The Labute approximate surface area is 101 Å². The maximum absolute atomic E-state index is 10.5. The summed E-state index contributed by atoms with van der Waals surface area (Å²) in [5.74, 6) is 0.635. The van der Waals surface area contributed by atoms with Gasteiger partial charge in [-0.1, -0.05) is 48.6 Å². The molecule has 2 aliphatic carbocycles. The molecule has 0 aromatic carbocycles. The molecule has 0 aromatic rings. The highest BCUT2D eigenvalue weighted by atomic mass is 16.5. The maximum atomic E-state index is 10.5. The summed E-state index contributed by atoms with van der Waals surface area (Å²) in [6.45, 7) is 0.480. The Morgan fingerprint density at radius 3 is 2.41 bits per heavy atom. The molecule has 2 aliphatic rings. The van der Waals surface area contributed by atoms with Crippen molar-refractivity contribution >= 4 is 6.47 Å². The standard InChI is InChI=1S/C15H14O2/c16-12-17-15(14-9-5-2-6-10-14)11-13-7-3-1-4-8-13/h1-7,9,11-12H,8,10H2/b13-11+,15-14-. The average Bonchev–Trinajstić information content (AvgIpc) is 2.40. The highest BCUT2D eigenvalue weighted by molar-refractivity contribution is 5.47. The molecule has 17 heavy (non-hydrogen) atoms. The highest BCUT2D eigenvalue weighted by Crippen LogP contribution is 2.20. The van der Waals surface area contributed by atoms with Crippen LogP contribution in [0, 0.1) is 0 Å². The predicted molar refractivity (Wildman–Crippen MR) is 68.1 cm³/mol. The first-order chi connectivity index (χ1) is 8.40. The van der Waals surface area contributed by atoms with E-state index in [1.165, 1.54) is 0 Å². The summed E-state index contributed by atoms with van der Waals surface area (Å²) in [6, 6.07) is 0. The minimum absolute atomic E-state index is 0.480. The van der Waals surface area contributed by atoms with Gasteiger partial charge in [-0.25, -0.2) is 0 Å². The van der Waals surface area contributed by atoms with E-state index >= 15 is 0 Å². The van der Waals surface area contributed by atoms with Crippen molar-refractivity contribution in [2.24, 2.45) is 0 Å². The summed E-state index contributed by atoms with van der Waals surface area (Å²) in [7, 11) is 0. The van der Waals surface area contributed by atoms with Gasteiger partial charge in [0.25, 0.3) is 6.47 Å². The highest BCUT2D eigenvalue weighted by Gasteiger charge is 2.05. The second kappa shape index (κ2) is 5.85. The van der Waals surface area contributed by atoms with Crippen LogP contribution in [0.15, 0.2) is 71.6 Å². The van der Waals surface area contributed by atoms with E-state index in [1.807, 2.05) is 48.6 Å². The monoisotopic (exact) mass is 226 g/mol. The molecule has 0 saturated heterocycles. The van der Waals surface area contributed by atoms with E-state index in [9.17, 15) is 4.79 Å². The molecule has 86 valence electrons. The van der Waals surface area contributed by atoms with Crippen LogP contribution < -0.4 is 0 Å². The zero-order chi connectivity index (χ0) is 11.9. The topological polar surface area (TPSA) is 26.3 Å². The van der Waals surface area contributed by atoms with Crippen molar-refractivity contribution in [3.8, 4) is 0 Å². The molecule has 2 rings (SSSR count). The third kappa shape index (κ3) is 3.18. The van der Waals surface area contributed by atoms with Crippen molar-refractivity contribution < 1.29 is 9.53 Å². The van der Waals surface area contributed by atoms with Gasteiger partial charge < -0.3 is 4.74 Å². The van der Waals surface area contributed by atoms with Gasteiger partial charge >= 0.3 is 0 Å². The molecule has 2 heteroatoms. The van der Waals surface area contributed by atoms with Crippen molar-refractivity contribution in [2.45, 2.75) is 12.8 Å². The molecule has 0 radical (unpaired) electrons. The lowest BCUT2D eigenvalue weighted by Gasteiger charge is -2.09. The minimum atomic E-state index is 0.480. The fourth-order valence-electron chi connectivity index (χ4n) is 1.76. The fourth-order valence-corrected chi connectivity index (χ4v) is 1.76. The van der Waals surface area contributed by atoms with Gasteiger partial charge in [0, 0.05) is 0 Å². The van der Waals surface area contributed by atoms with Crippen LogP contribution in [0.25, 0.3) is 0 Å². The number of allylic oxidation sites excluding steroid dienone is 11. The van der Waals surface area contributed by atoms with Gasteiger partial charge in [-0.3, -0.25) is 4.79 Å². The Morgan fingerprint density at radius 2 is 1.82 bits per heavy atom. The lowest BCUT2D eigenvalue weighted by atomic mass is 10.0. The molecule has 0 aromatic heterocycles. The SMILES string of the molecule is O=COC(/C=C1\C=CC=CC1)=C1/C=CC=CC1. The van der Waals surface area contributed by atoms with Crippen LogP contribution in [-0.2, 0) is 9.53 Å². The lowest BCUT2D eigenvalue weighted by molar-refractivity contribution is -0.124. The van der Waals surface area contributed by atoms with Crippen LogP contribution >= 0.6 is 0 Å². The summed E-state index contributed by atoms with van der Waals surface area (Å²) in [4.78, 5) is 10.5. The molecular formula is C15H14O2. The number of carbonyl (C=O) groups is 1. The van der Waals surface area contributed by atoms with E-state index in [2.05, 4.69) is 6.08 Å². The van der Waals surface area contributed by atoms with Crippen LogP contribution in [0.4, 0.5) is 0 Å². The number of ether oxygens (including phenoxy) is 1. The van der Waals surface area contributed by atoms with Crippen molar-refractivity contribution in [1.82, 2.24) is 0 Å². The minimum Gasteiger partial charge on any atom is -0.428 e. The first-order valence-electron chi connectivity index (χ1n) is 5.60. The van der Waals surface area contributed by atoms with Gasteiger partial charge in [-0.2, -0.15) is 0 Å². The van der Waals surface area contributed by atoms with E-state index in [4.69, 9.17) is 4.74 Å². The van der Waals surface area contributed by atoms with Crippen LogP contribution in [0.2, 0.25) is 0 Å². The van der Waals surface area contributed by atoms with Gasteiger partial charge in [0.2, 0.25) is 0 Å². The summed E-state index contributed by atoms with van der Waals surface area (Å²) in [5.41, 5.74) is 2.16. The molecule has 0 saturated carbocycles. The van der Waals surface area contributed by atoms with Gasteiger partial charge in [0.15, 0.2) is 0 Å². The van der Waals surface area contributed by atoms with Crippen molar-refractivity contribution in [3.63, 3.8) is 0 Å². The van der Waals surface area contributed by atoms with Crippen LogP contribution in [0.3, 0.4) is 0 Å². The Kier molecular flexibility index (Phi) is 3.92. The third-order valence-corrected chi connectivity index (χ3v) is 2.60. The van der Waals surface area contributed by atoms with Gasteiger partial charge in [0.1, 0.15) is 5.76 Å². The fraction of sp³-hybridized carbons (Fsp3) is 0.133. The Balaban J connectivity index is 2.26. The Morgan fingerprint density at radius 1 is 1.06 bits per heavy atom. The molecule has 2 nitrogen and oxygen atoms in total. The normalized spacial score (nSPS) is 22.9. The van der Waals surface area contributed by atoms with Crippen molar-refractivity contribution in [3.05, 3.63) is 71.6 Å². The van der Waals surface area contributed by atoms with Crippen LogP contribution in [-0.4, -0.2) is 6.47 Å². The maximum Gasteiger partial charge on any atom is 0.298 e. The zero-order valence-electron chi connectivity index (χ0n) is 9.50. The average molecular weight is 226 g/mol. The van der Waals surface area contributed by atoms with Gasteiger partial charge in [0.05, 0.1) is 0 Å². The third-order valence-electron chi connectivity index (χ3n) is 2.60. The number of carbonyl (C=O) groups excluding carboxylic acids is 1. The first-order valence-corrected chi connectivity index (χ1v) is 5.60. The van der Waals surface area contributed by atoms with E-state index in [0.717, 1.165) is 24.0 Å². The molecule has 0 spiro atoms. The summed E-state index contributed by atoms with van der Waals surface area (Å²) < 4.78 is 5.06. The zero-order valence-corrected chi connectivity index (χ0v) is 9.50. The molecule has 0 bridgehead atoms. The summed E-state index contributed by atoms with van der Waals surface area (Å²) in [6.07, 6.45) is 19.6. The largest absolute Gasteiger partial charge is 0.428 e. The quantitative estimate of drug-likeness (QED) is 0.544. The second-order valence-corrected chi connectivity index (χ2v) is 3.81. The molecule has 0 amide bonds. The van der Waals surface area contributed by atoms with Crippen molar-refractivity contribution in [2.75, 3.05) is 0 Å². The van der Waals surface area contributed by atoms with E-state index in [-0.39, 0.29) is 0 Å². The van der Waals surface area contributed by atoms with E-state index in [0.29, 0.717) is 12.2 Å².